The summed E-state index contributed by atoms with van der Waals surface area (Å²) in [6.45, 7) is 2.40. The van der Waals surface area contributed by atoms with E-state index in [-0.39, 0.29) is 11.9 Å². The highest BCUT2D eigenvalue weighted by molar-refractivity contribution is 5.93. The number of ether oxygens (including phenoxy) is 2. The van der Waals surface area contributed by atoms with Crippen molar-refractivity contribution in [1.82, 2.24) is 10.2 Å². The second-order valence-electron chi connectivity index (χ2n) is 6.37. The number of carbonyl (C=O) groups is 1. The fourth-order valence-corrected chi connectivity index (χ4v) is 3.17. The number of likely N-dealkylation sites (tertiary alicyclic amines) is 1. The van der Waals surface area contributed by atoms with Gasteiger partial charge in [0.05, 0.1) is 14.2 Å². The average molecular weight is 357 g/mol. The van der Waals surface area contributed by atoms with E-state index in [2.05, 4.69) is 10.2 Å². The van der Waals surface area contributed by atoms with Gasteiger partial charge in [0.1, 0.15) is 17.1 Å². The second-order valence-corrected chi connectivity index (χ2v) is 6.37. The number of aromatic nitrogens is 1. The fraction of sp³-hybridized carbons (Fsp3) is 0.368. The molecule has 1 unspecified atom stereocenters. The Morgan fingerprint density at radius 1 is 1.31 bits per heavy atom. The third kappa shape index (κ3) is 4.43. The third-order valence-electron chi connectivity index (χ3n) is 4.46. The number of rotatable bonds is 6. The van der Waals surface area contributed by atoms with Crippen molar-refractivity contribution in [2.75, 3.05) is 27.3 Å². The highest BCUT2D eigenvalue weighted by Crippen LogP contribution is 2.24. The number of methoxy groups -OCH3 is 2. The molecule has 0 aliphatic carbocycles. The number of nitrogens with one attached hydrogen (secondary N) is 1. The first-order valence-electron chi connectivity index (χ1n) is 8.51. The molecule has 1 fully saturated rings. The van der Waals surface area contributed by atoms with Crippen LogP contribution in [0.1, 0.15) is 22.3 Å². The maximum atomic E-state index is 12.3. The first kappa shape index (κ1) is 18.0. The van der Waals surface area contributed by atoms with Gasteiger partial charge >= 0.3 is 0 Å². The van der Waals surface area contributed by atoms with E-state index in [1.54, 1.807) is 26.4 Å². The number of benzene rings is 1. The SMILES string of the molecule is COc1cc(CN2CCC(NC(=O)c3ccc[n+]([O-])c3)C2)cc(OC)c1. The van der Waals surface area contributed by atoms with Gasteiger partial charge < -0.3 is 20.0 Å². The van der Waals surface area contributed by atoms with Crippen molar-refractivity contribution in [2.45, 2.75) is 19.0 Å². The van der Waals surface area contributed by atoms with E-state index in [4.69, 9.17) is 9.47 Å². The highest BCUT2D eigenvalue weighted by atomic mass is 16.5. The van der Waals surface area contributed by atoms with Crippen LogP contribution in [-0.2, 0) is 6.54 Å². The summed E-state index contributed by atoms with van der Waals surface area (Å²) < 4.78 is 11.3. The molecule has 138 valence electrons. The Hall–Kier alpha value is -2.80. The Bertz CT molecular complexity index is 759. The van der Waals surface area contributed by atoms with E-state index in [0.29, 0.717) is 10.3 Å². The van der Waals surface area contributed by atoms with Crippen LogP contribution in [0.15, 0.2) is 42.7 Å². The molecule has 0 saturated carbocycles. The number of amides is 1. The Kier molecular flexibility index (Phi) is 5.58. The van der Waals surface area contributed by atoms with Gasteiger partial charge in [0.15, 0.2) is 12.4 Å². The minimum atomic E-state index is -0.218. The maximum Gasteiger partial charge on any atom is 0.257 e. The van der Waals surface area contributed by atoms with Crippen LogP contribution in [0, 0.1) is 5.21 Å². The lowest BCUT2D eigenvalue weighted by molar-refractivity contribution is -0.605. The molecule has 2 aromatic rings. The highest BCUT2D eigenvalue weighted by Gasteiger charge is 2.25. The molecule has 2 heterocycles. The van der Waals surface area contributed by atoms with Gasteiger partial charge in [-0.2, -0.15) is 4.73 Å². The van der Waals surface area contributed by atoms with Crippen LogP contribution in [-0.4, -0.2) is 44.2 Å². The molecule has 1 N–H and O–H groups in total. The summed E-state index contributed by atoms with van der Waals surface area (Å²) in [6.07, 6.45) is 3.51. The van der Waals surface area contributed by atoms with Crippen LogP contribution in [0.3, 0.4) is 0 Å². The van der Waals surface area contributed by atoms with E-state index < -0.39 is 0 Å². The van der Waals surface area contributed by atoms with Crippen molar-refractivity contribution in [1.29, 1.82) is 0 Å². The summed E-state index contributed by atoms with van der Waals surface area (Å²) in [7, 11) is 3.27. The van der Waals surface area contributed by atoms with Crippen molar-refractivity contribution in [3.8, 4) is 11.5 Å². The zero-order chi connectivity index (χ0) is 18.5. The van der Waals surface area contributed by atoms with Gasteiger partial charge in [-0.05, 0) is 30.2 Å². The monoisotopic (exact) mass is 357 g/mol. The zero-order valence-electron chi connectivity index (χ0n) is 15.0. The third-order valence-corrected chi connectivity index (χ3v) is 4.46. The number of hydrogen-bond acceptors (Lipinski definition) is 5. The average Bonchev–Trinajstić information content (AvgIpc) is 3.08. The molecule has 0 spiro atoms. The number of pyridine rings is 1. The molecule has 1 amide bonds. The van der Waals surface area contributed by atoms with Crippen LogP contribution in [0.5, 0.6) is 11.5 Å². The smallest absolute Gasteiger partial charge is 0.257 e. The fourth-order valence-electron chi connectivity index (χ4n) is 3.17. The van der Waals surface area contributed by atoms with Crippen molar-refractivity contribution in [3.63, 3.8) is 0 Å². The molecular formula is C19H23N3O4. The van der Waals surface area contributed by atoms with E-state index >= 15 is 0 Å². The molecule has 3 rings (SSSR count). The molecule has 26 heavy (non-hydrogen) atoms. The van der Waals surface area contributed by atoms with Crippen LogP contribution in [0.4, 0.5) is 0 Å². The van der Waals surface area contributed by atoms with Crippen molar-refractivity contribution >= 4 is 5.91 Å². The molecule has 1 saturated heterocycles. The van der Waals surface area contributed by atoms with Gasteiger partial charge in [-0.25, -0.2) is 0 Å². The summed E-state index contributed by atoms with van der Waals surface area (Å²) in [5, 5.41) is 14.3. The molecule has 1 aromatic heterocycles. The predicted octanol–water partition coefficient (Wildman–Crippen LogP) is 1.34. The van der Waals surface area contributed by atoms with Crippen LogP contribution >= 0.6 is 0 Å². The van der Waals surface area contributed by atoms with Crippen molar-refractivity contribution in [3.05, 3.63) is 59.1 Å². The second kappa shape index (κ2) is 8.05. The lowest BCUT2D eigenvalue weighted by Gasteiger charge is -2.18. The largest absolute Gasteiger partial charge is 0.619 e. The minimum Gasteiger partial charge on any atom is -0.619 e. The van der Waals surface area contributed by atoms with Gasteiger partial charge in [-0.1, -0.05) is 0 Å². The van der Waals surface area contributed by atoms with E-state index in [0.717, 1.165) is 43.1 Å². The summed E-state index contributed by atoms with van der Waals surface area (Å²) in [5.41, 5.74) is 1.47. The molecular weight excluding hydrogens is 334 g/mol. The molecule has 0 bridgehead atoms. The van der Waals surface area contributed by atoms with Crippen LogP contribution in [0.25, 0.3) is 0 Å². The van der Waals surface area contributed by atoms with E-state index in [1.807, 2.05) is 18.2 Å². The van der Waals surface area contributed by atoms with Crippen molar-refractivity contribution in [2.24, 2.45) is 0 Å². The maximum absolute atomic E-state index is 12.3. The molecule has 1 aliphatic rings. The summed E-state index contributed by atoms with van der Waals surface area (Å²) in [5.74, 6) is 1.31. The first-order chi connectivity index (χ1) is 12.6. The minimum absolute atomic E-state index is 0.0651. The Balaban J connectivity index is 1.58. The molecule has 1 aromatic carbocycles. The Morgan fingerprint density at radius 3 is 2.69 bits per heavy atom. The van der Waals surface area contributed by atoms with Gasteiger partial charge in [0.25, 0.3) is 5.91 Å². The standard InChI is InChI=1S/C19H23N3O4/c1-25-17-8-14(9-18(10-17)26-2)11-21-7-5-16(13-21)20-19(23)15-4-3-6-22(24)12-15/h3-4,6,8-10,12,16H,5,7,11,13H2,1-2H3,(H,20,23). The lowest BCUT2D eigenvalue weighted by Crippen LogP contribution is -2.38. The molecule has 1 atom stereocenters. The Morgan fingerprint density at radius 2 is 2.04 bits per heavy atom. The van der Waals surface area contributed by atoms with E-state index in [9.17, 15) is 10.0 Å². The summed E-state index contributed by atoms with van der Waals surface area (Å²) in [4.78, 5) is 14.5. The summed E-state index contributed by atoms with van der Waals surface area (Å²) >= 11 is 0. The first-order valence-corrected chi connectivity index (χ1v) is 8.51. The number of nitrogens with zero attached hydrogens (tertiary/aromatic N) is 2. The Labute approximate surface area is 152 Å². The molecule has 0 radical (unpaired) electrons. The predicted molar refractivity (Wildman–Crippen MR) is 96.1 cm³/mol. The molecule has 1 aliphatic heterocycles. The molecule has 7 nitrogen and oxygen atoms in total. The van der Waals surface area contributed by atoms with Gasteiger partial charge in [-0.15, -0.1) is 0 Å². The van der Waals surface area contributed by atoms with Gasteiger partial charge in [0.2, 0.25) is 0 Å². The normalized spacial score (nSPS) is 17.1. The topological polar surface area (TPSA) is 77.7 Å². The number of carbonyl (C=O) groups excluding carboxylic acids is 1. The van der Waals surface area contributed by atoms with Crippen LogP contribution < -0.4 is 19.5 Å². The zero-order valence-corrected chi connectivity index (χ0v) is 15.0. The summed E-state index contributed by atoms with van der Waals surface area (Å²) in [6, 6.07) is 9.10. The number of hydrogen-bond donors (Lipinski definition) is 1. The quantitative estimate of drug-likeness (QED) is 0.624. The molecule has 7 heteroatoms. The van der Waals surface area contributed by atoms with Crippen LogP contribution in [0.2, 0.25) is 0 Å². The van der Waals surface area contributed by atoms with Gasteiger partial charge in [0, 0.05) is 37.8 Å². The van der Waals surface area contributed by atoms with Crippen molar-refractivity contribution < 1.29 is 19.0 Å². The van der Waals surface area contributed by atoms with E-state index in [1.165, 1.54) is 12.4 Å². The van der Waals surface area contributed by atoms with Gasteiger partial charge in [-0.3, -0.25) is 9.69 Å². The lowest BCUT2D eigenvalue weighted by atomic mass is 10.2.